The van der Waals surface area contributed by atoms with Crippen molar-refractivity contribution < 1.29 is 12.8 Å². The molecule has 0 saturated carbocycles. The van der Waals surface area contributed by atoms with Gasteiger partial charge >= 0.3 is 0 Å². The first-order valence-corrected chi connectivity index (χ1v) is 7.85. The zero-order valence-corrected chi connectivity index (χ0v) is 12.9. The van der Waals surface area contributed by atoms with Gasteiger partial charge in [0.15, 0.2) is 0 Å². The smallest absolute Gasteiger partial charge is 0.262 e. The van der Waals surface area contributed by atoms with Crippen LogP contribution in [0, 0.1) is 26.6 Å². The van der Waals surface area contributed by atoms with E-state index in [-0.39, 0.29) is 16.3 Å². The van der Waals surface area contributed by atoms with Gasteiger partial charge in [-0.05, 0) is 44.0 Å². The summed E-state index contributed by atoms with van der Waals surface area (Å²) < 4.78 is 40.7. The molecule has 2 aromatic carbocycles. The van der Waals surface area contributed by atoms with Crippen LogP contribution >= 0.6 is 0 Å². The number of aryl methyl sites for hydroxylation is 3. The van der Waals surface area contributed by atoms with Gasteiger partial charge in [0.2, 0.25) is 0 Å². The fourth-order valence-corrected chi connectivity index (χ4v) is 3.94. The van der Waals surface area contributed by atoms with Crippen LogP contribution in [0.4, 0.5) is 15.8 Å². The molecule has 0 aliphatic carbocycles. The predicted octanol–water partition coefficient (Wildman–Crippen LogP) is 3.13. The Labute approximate surface area is 123 Å². The fraction of sp³-hybridized carbons (Fsp3) is 0.200. The molecule has 0 amide bonds. The minimum Gasteiger partial charge on any atom is -0.397 e. The molecule has 0 radical (unpaired) electrons. The Bertz CT molecular complexity index is 778. The topological polar surface area (TPSA) is 72.2 Å². The SMILES string of the molecule is Cc1cc(C)c(S(=O)(=O)Nc2cc(F)ccc2N)c(C)c1. The summed E-state index contributed by atoms with van der Waals surface area (Å²) in [5.74, 6) is -0.556. The van der Waals surface area contributed by atoms with Gasteiger partial charge in [-0.1, -0.05) is 17.7 Å². The quantitative estimate of drug-likeness (QED) is 0.856. The van der Waals surface area contributed by atoms with Crippen molar-refractivity contribution >= 4 is 21.4 Å². The van der Waals surface area contributed by atoms with Gasteiger partial charge in [0.25, 0.3) is 10.0 Å². The zero-order valence-electron chi connectivity index (χ0n) is 12.1. The second-order valence-electron chi connectivity index (χ2n) is 5.06. The number of nitrogen functional groups attached to an aromatic ring is 1. The summed E-state index contributed by atoms with van der Waals surface area (Å²) in [5.41, 5.74) is 8.14. The molecule has 0 heterocycles. The van der Waals surface area contributed by atoms with E-state index in [2.05, 4.69) is 4.72 Å². The van der Waals surface area contributed by atoms with Crippen molar-refractivity contribution in [2.45, 2.75) is 25.7 Å². The summed E-state index contributed by atoms with van der Waals surface area (Å²) in [7, 11) is -3.83. The van der Waals surface area contributed by atoms with Crippen LogP contribution in [-0.2, 0) is 10.0 Å². The molecule has 0 atom stereocenters. The first-order valence-electron chi connectivity index (χ1n) is 6.36. The number of anilines is 2. The van der Waals surface area contributed by atoms with Crippen LogP contribution in [0.1, 0.15) is 16.7 Å². The van der Waals surface area contributed by atoms with Crippen molar-refractivity contribution in [2.24, 2.45) is 0 Å². The van der Waals surface area contributed by atoms with E-state index in [0.29, 0.717) is 11.1 Å². The first-order chi connectivity index (χ1) is 9.70. The van der Waals surface area contributed by atoms with Gasteiger partial charge in [0, 0.05) is 6.07 Å². The van der Waals surface area contributed by atoms with Crippen molar-refractivity contribution in [3.05, 3.63) is 52.8 Å². The number of hydrogen-bond acceptors (Lipinski definition) is 3. The lowest BCUT2D eigenvalue weighted by atomic mass is 10.1. The number of rotatable bonds is 3. The van der Waals surface area contributed by atoms with E-state index in [1.54, 1.807) is 26.0 Å². The van der Waals surface area contributed by atoms with Crippen molar-refractivity contribution in [2.75, 3.05) is 10.5 Å². The average molecular weight is 308 g/mol. The Morgan fingerprint density at radius 3 is 2.19 bits per heavy atom. The van der Waals surface area contributed by atoms with Crippen LogP contribution in [0.2, 0.25) is 0 Å². The van der Waals surface area contributed by atoms with E-state index < -0.39 is 15.8 Å². The summed E-state index contributed by atoms with van der Waals surface area (Å²) in [6, 6.07) is 7.14. The van der Waals surface area contributed by atoms with Crippen molar-refractivity contribution in [3.8, 4) is 0 Å². The first kappa shape index (κ1) is 15.3. The Kier molecular flexibility index (Phi) is 3.91. The molecule has 0 aliphatic rings. The third-order valence-electron chi connectivity index (χ3n) is 3.13. The van der Waals surface area contributed by atoms with Gasteiger partial charge in [-0.2, -0.15) is 0 Å². The molecule has 0 aromatic heterocycles. The van der Waals surface area contributed by atoms with Gasteiger partial charge in [-0.15, -0.1) is 0 Å². The third-order valence-corrected chi connectivity index (χ3v) is 4.80. The average Bonchev–Trinajstić information content (AvgIpc) is 2.31. The molecule has 6 heteroatoms. The highest BCUT2D eigenvalue weighted by atomic mass is 32.2. The summed E-state index contributed by atoms with van der Waals surface area (Å²) in [6.07, 6.45) is 0. The molecule has 0 bridgehead atoms. The number of nitrogens with one attached hydrogen (secondary N) is 1. The highest BCUT2D eigenvalue weighted by molar-refractivity contribution is 7.92. The molecule has 0 unspecified atom stereocenters. The highest BCUT2D eigenvalue weighted by Gasteiger charge is 2.21. The normalized spacial score (nSPS) is 11.4. The lowest BCUT2D eigenvalue weighted by molar-refractivity contribution is 0.600. The lowest BCUT2D eigenvalue weighted by Gasteiger charge is -2.15. The van der Waals surface area contributed by atoms with Crippen molar-refractivity contribution in [1.82, 2.24) is 0 Å². The molecule has 0 aliphatic heterocycles. The number of nitrogens with two attached hydrogens (primary N) is 1. The Hall–Kier alpha value is -2.08. The van der Waals surface area contributed by atoms with E-state index in [1.807, 2.05) is 6.92 Å². The molecule has 112 valence electrons. The Morgan fingerprint density at radius 2 is 1.62 bits per heavy atom. The molecule has 2 rings (SSSR count). The molecule has 21 heavy (non-hydrogen) atoms. The van der Waals surface area contributed by atoms with E-state index >= 15 is 0 Å². The van der Waals surface area contributed by atoms with Gasteiger partial charge in [-0.25, -0.2) is 12.8 Å². The number of benzene rings is 2. The van der Waals surface area contributed by atoms with Gasteiger partial charge < -0.3 is 5.73 Å². The monoisotopic (exact) mass is 308 g/mol. The molecule has 0 spiro atoms. The zero-order chi connectivity index (χ0) is 15.8. The maximum Gasteiger partial charge on any atom is 0.262 e. The standard InChI is InChI=1S/C15H17FN2O2S/c1-9-6-10(2)15(11(3)7-9)21(19,20)18-14-8-12(16)4-5-13(14)17/h4-8,18H,17H2,1-3H3. The van der Waals surface area contributed by atoms with Gasteiger partial charge in [0.05, 0.1) is 16.3 Å². The summed E-state index contributed by atoms with van der Waals surface area (Å²) in [6.45, 7) is 5.35. The Morgan fingerprint density at radius 1 is 1.05 bits per heavy atom. The number of hydrogen-bond donors (Lipinski definition) is 2. The van der Waals surface area contributed by atoms with E-state index in [1.165, 1.54) is 12.1 Å². The Balaban J connectivity index is 2.51. The van der Waals surface area contributed by atoms with Crippen LogP contribution < -0.4 is 10.5 Å². The van der Waals surface area contributed by atoms with Gasteiger partial charge in [0.1, 0.15) is 5.82 Å². The van der Waals surface area contributed by atoms with E-state index in [4.69, 9.17) is 5.73 Å². The van der Waals surface area contributed by atoms with E-state index in [0.717, 1.165) is 11.6 Å². The fourth-order valence-electron chi connectivity index (χ4n) is 2.40. The summed E-state index contributed by atoms with van der Waals surface area (Å²) in [4.78, 5) is 0.191. The predicted molar refractivity (Wildman–Crippen MR) is 82.3 cm³/mol. The van der Waals surface area contributed by atoms with Crippen LogP contribution in [-0.4, -0.2) is 8.42 Å². The van der Waals surface area contributed by atoms with Crippen LogP contribution in [0.3, 0.4) is 0 Å². The molecule has 3 N–H and O–H groups in total. The van der Waals surface area contributed by atoms with Gasteiger partial charge in [-0.3, -0.25) is 4.72 Å². The summed E-state index contributed by atoms with van der Waals surface area (Å²) >= 11 is 0. The highest BCUT2D eigenvalue weighted by Crippen LogP contribution is 2.27. The lowest BCUT2D eigenvalue weighted by Crippen LogP contribution is -2.17. The maximum absolute atomic E-state index is 13.2. The van der Waals surface area contributed by atoms with Crippen LogP contribution in [0.5, 0.6) is 0 Å². The minimum atomic E-state index is -3.83. The van der Waals surface area contributed by atoms with Crippen LogP contribution in [0.15, 0.2) is 35.2 Å². The molecule has 2 aromatic rings. The number of halogens is 1. The van der Waals surface area contributed by atoms with E-state index in [9.17, 15) is 12.8 Å². The third kappa shape index (κ3) is 3.16. The molecular formula is C15H17FN2O2S. The summed E-state index contributed by atoms with van der Waals surface area (Å²) in [5, 5.41) is 0. The molecule has 4 nitrogen and oxygen atoms in total. The van der Waals surface area contributed by atoms with Crippen molar-refractivity contribution in [3.63, 3.8) is 0 Å². The van der Waals surface area contributed by atoms with Crippen molar-refractivity contribution in [1.29, 1.82) is 0 Å². The second-order valence-corrected chi connectivity index (χ2v) is 6.68. The maximum atomic E-state index is 13.2. The second kappa shape index (κ2) is 5.37. The largest absolute Gasteiger partial charge is 0.397 e. The van der Waals surface area contributed by atoms with Crippen LogP contribution in [0.25, 0.3) is 0 Å². The molecule has 0 saturated heterocycles. The number of sulfonamides is 1. The molecular weight excluding hydrogens is 291 g/mol. The minimum absolute atomic E-state index is 0.0365. The molecule has 0 fully saturated rings.